The third kappa shape index (κ3) is 3.89. The molecular weight excluding hydrogens is 362 g/mol. The molecule has 0 aromatic carbocycles. The van der Waals surface area contributed by atoms with Gasteiger partial charge in [-0.1, -0.05) is 17.8 Å². The van der Waals surface area contributed by atoms with Crippen LogP contribution in [0.15, 0.2) is 29.0 Å². The maximum atomic E-state index is 12.3. The van der Waals surface area contributed by atoms with Gasteiger partial charge in [-0.15, -0.1) is 16.4 Å². The zero-order valence-electron chi connectivity index (χ0n) is 13.1. The second-order valence-electron chi connectivity index (χ2n) is 5.24. The average Bonchev–Trinajstić information content (AvgIpc) is 3.32. The topological polar surface area (TPSA) is 75.1 Å². The van der Waals surface area contributed by atoms with Gasteiger partial charge >= 0.3 is 0 Å². The number of aryl methyl sites for hydroxylation is 1. The summed E-state index contributed by atoms with van der Waals surface area (Å²) in [5.41, 5.74) is 1.66. The summed E-state index contributed by atoms with van der Waals surface area (Å²) in [4.78, 5) is 14.7. The molecule has 1 amide bonds. The van der Waals surface area contributed by atoms with Crippen molar-refractivity contribution >= 4 is 40.1 Å². The van der Waals surface area contributed by atoms with Crippen LogP contribution in [0.4, 0.5) is 0 Å². The lowest BCUT2D eigenvalue weighted by Crippen LogP contribution is -2.22. The Kier molecular flexibility index (Phi) is 5.72. The molecule has 0 radical (unpaired) electrons. The van der Waals surface area contributed by atoms with Crippen molar-refractivity contribution in [2.24, 2.45) is 0 Å². The lowest BCUT2D eigenvalue weighted by molar-refractivity contribution is 0.0954. The normalized spacial score (nSPS) is 12.2. The highest BCUT2D eigenvalue weighted by atomic mass is 32.1. The van der Waals surface area contributed by atoms with Gasteiger partial charge in [0.2, 0.25) is 0 Å². The maximum Gasteiger partial charge on any atom is 0.265 e. The molecule has 5 nitrogen and oxygen atoms in total. The van der Waals surface area contributed by atoms with Crippen molar-refractivity contribution in [1.29, 1.82) is 0 Å². The molecule has 1 unspecified atom stereocenters. The fourth-order valence-electron chi connectivity index (χ4n) is 2.26. The van der Waals surface area contributed by atoms with Crippen LogP contribution in [0.3, 0.4) is 0 Å². The van der Waals surface area contributed by atoms with E-state index in [1.54, 1.807) is 11.3 Å². The fraction of sp³-hybridized carbons (Fsp3) is 0.312. The monoisotopic (exact) mass is 379 g/mol. The smallest absolute Gasteiger partial charge is 0.265 e. The maximum absolute atomic E-state index is 12.3. The minimum atomic E-state index is -0.604. The third-order valence-electron chi connectivity index (χ3n) is 3.48. The Morgan fingerprint density at radius 3 is 3.00 bits per heavy atom. The van der Waals surface area contributed by atoms with Crippen molar-refractivity contribution < 1.29 is 9.90 Å². The molecule has 3 rings (SSSR count). The summed E-state index contributed by atoms with van der Waals surface area (Å²) < 4.78 is 3.87. The van der Waals surface area contributed by atoms with E-state index in [0.717, 1.165) is 45.4 Å². The van der Waals surface area contributed by atoms with Gasteiger partial charge in [0.1, 0.15) is 11.0 Å². The third-order valence-corrected chi connectivity index (χ3v) is 6.09. The lowest BCUT2D eigenvalue weighted by Gasteiger charge is -2.05. The summed E-state index contributed by atoms with van der Waals surface area (Å²) in [5.74, 6) is -0.137. The molecule has 3 aromatic rings. The molecule has 0 saturated carbocycles. The largest absolute Gasteiger partial charge is 0.383 e. The van der Waals surface area contributed by atoms with Crippen LogP contribution in [0.5, 0.6) is 0 Å². The first-order valence-corrected chi connectivity index (χ1v) is 10.1. The molecule has 3 heterocycles. The number of nitrogens with one attached hydrogen (secondary N) is 1. The molecule has 0 fully saturated rings. The van der Waals surface area contributed by atoms with Crippen molar-refractivity contribution in [1.82, 2.24) is 14.9 Å². The number of aliphatic hydroxyl groups is 1. The molecule has 0 aliphatic rings. The van der Waals surface area contributed by atoms with E-state index in [1.807, 2.05) is 35.9 Å². The standard InChI is InChI=1S/C16H17N3O2S3/c1-2-3-12-15(24-19-18-12)16(21)17-8-11-4-5-13(23-11)14(20)10-6-7-22-9-10/h4-7,9,14,20H,2-3,8H2,1H3,(H,17,21). The highest BCUT2D eigenvalue weighted by Crippen LogP contribution is 2.29. The van der Waals surface area contributed by atoms with Gasteiger partial charge < -0.3 is 10.4 Å². The van der Waals surface area contributed by atoms with Crippen LogP contribution < -0.4 is 5.32 Å². The summed E-state index contributed by atoms with van der Waals surface area (Å²) in [6.07, 6.45) is 1.09. The number of rotatable bonds is 7. The second kappa shape index (κ2) is 7.98. The Morgan fingerprint density at radius 1 is 1.38 bits per heavy atom. The zero-order valence-corrected chi connectivity index (χ0v) is 15.5. The van der Waals surface area contributed by atoms with E-state index < -0.39 is 6.10 Å². The van der Waals surface area contributed by atoms with E-state index in [0.29, 0.717) is 11.4 Å². The molecule has 0 spiro atoms. The predicted molar refractivity (Wildman–Crippen MR) is 97.8 cm³/mol. The van der Waals surface area contributed by atoms with Crippen LogP contribution in [-0.4, -0.2) is 20.6 Å². The van der Waals surface area contributed by atoms with Crippen molar-refractivity contribution in [2.75, 3.05) is 0 Å². The van der Waals surface area contributed by atoms with E-state index in [4.69, 9.17) is 0 Å². The number of nitrogens with zero attached hydrogens (tertiary/aromatic N) is 2. The molecule has 1 atom stereocenters. The zero-order chi connectivity index (χ0) is 16.9. The van der Waals surface area contributed by atoms with Gasteiger partial charge in [0.15, 0.2) is 0 Å². The van der Waals surface area contributed by atoms with E-state index >= 15 is 0 Å². The van der Waals surface area contributed by atoms with E-state index in [-0.39, 0.29) is 5.91 Å². The van der Waals surface area contributed by atoms with Crippen molar-refractivity contribution in [3.63, 3.8) is 0 Å². The fourth-order valence-corrected chi connectivity index (χ4v) is 4.53. The lowest BCUT2D eigenvalue weighted by atomic mass is 10.2. The number of carbonyl (C=O) groups is 1. The van der Waals surface area contributed by atoms with Gasteiger partial charge in [-0.05, 0) is 52.5 Å². The molecule has 8 heteroatoms. The SMILES string of the molecule is CCCc1nnsc1C(=O)NCc1ccc(C(O)c2ccsc2)s1. The van der Waals surface area contributed by atoms with Crippen LogP contribution in [-0.2, 0) is 13.0 Å². The highest BCUT2D eigenvalue weighted by molar-refractivity contribution is 7.12. The Labute approximate surface area is 152 Å². The van der Waals surface area contributed by atoms with Crippen LogP contribution in [0.1, 0.15) is 50.1 Å². The summed E-state index contributed by atoms with van der Waals surface area (Å²) >= 11 is 4.20. The number of hydrogen-bond donors (Lipinski definition) is 2. The number of aliphatic hydroxyl groups excluding tert-OH is 1. The minimum absolute atomic E-state index is 0.137. The number of thiophene rings is 2. The number of aromatic nitrogens is 2. The first kappa shape index (κ1) is 17.2. The molecule has 0 bridgehead atoms. The first-order valence-electron chi connectivity index (χ1n) is 7.57. The molecule has 24 heavy (non-hydrogen) atoms. The van der Waals surface area contributed by atoms with Crippen LogP contribution in [0, 0.1) is 0 Å². The average molecular weight is 380 g/mol. The van der Waals surface area contributed by atoms with Gasteiger partial charge in [-0.25, -0.2) is 0 Å². The van der Waals surface area contributed by atoms with Crippen LogP contribution >= 0.6 is 34.2 Å². The number of hydrogen-bond acceptors (Lipinski definition) is 7. The quantitative estimate of drug-likeness (QED) is 0.657. The number of carbonyl (C=O) groups excluding carboxylic acids is 1. The van der Waals surface area contributed by atoms with Gasteiger partial charge in [-0.3, -0.25) is 4.79 Å². The van der Waals surface area contributed by atoms with E-state index in [9.17, 15) is 9.90 Å². The van der Waals surface area contributed by atoms with Crippen molar-refractivity contribution in [3.8, 4) is 0 Å². The molecular formula is C16H17N3O2S3. The molecule has 2 N–H and O–H groups in total. The Balaban J connectivity index is 1.61. The Bertz CT molecular complexity index is 795. The highest BCUT2D eigenvalue weighted by Gasteiger charge is 2.17. The summed E-state index contributed by atoms with van der Waals surface area (Å²) in [7, 11) is 0. The molecule has 3 aromatic heterocycles. The van der Waals surface area contributed by atoms with Crippen LogP contribution in [0.2, 0.25) is 0 Å². The molecule has 0 saturated heterocycles. The van der Waals surface area contributed by atoms with E-state index in [1.165, 1.54) is 11.3 Å². The Hall–Kier alpha value is -1.61. The molecule has 0 aliphatic carbocycles. The van der Waals surface area contributed by atoms with E-state index in [2.05, 4.69) is 14.9 Å². The van der Waals surface area contributed by atoms with Crippen LogP contribution in [0.25, 0.3) is 0 Å². The predicted octanol–water partition coefficient (Wildman–Crippen LogP) is 3.63. The minimum Gasteiger partial charge on any atom is -0.383 e. The van der Waals surface area contributed by atoms with Gasteiger partial charge in [0.05, 0.1) is 12.2 Å². The van der Waals surface area contributed by atoms with Crippen molar-refractivity contribution in [2.45, 2.75) is 32.4 Å². The second-order valence-corrected chi connectivity index (χ2v) is 7.98. The summed E-state index contributed by atoms with van der Waals surface area (Å²) in [5, 5.41) is 21.1. The van der Waals surface area contributed by atoms with Gasteiger partial charge in [0.25, 0.3) is 5.91 Å². The molecule has 0 aliphatic heterocycles. The molecule has 126 valence electrons. The summed E-state index contributed by atoms with van der Waals surface area (Å²) in [6, 6.07) is 5.77. The summed E-state index contributed by atoms with van der Waals surface area (Å²) in [6.45, 7) is 2.48. The van der Waals surface area contributed by atoms with Crippen molar-refractivity contribution in [3.05, 3.63) is 54.8 Å². The van der Waals surface area contributed by atoms with Gasteiger partial charge in [0, 0.05) is 9.75 Å². The number of amides is 1. The van der Waals surface area contributed by atoms with Gasteiger partial charge in [-0.2, -0.15) is 11.3 Å². The first-order chi connectivity index (χ1) is 11.7. The Morgan fingerprint density at radius 2 is 2.25 bits per heavy atom.